The van der Waals surface area contributed by atoms with E-state index in [1.165, 1.54) is 77.3 Å². The lowest BCUT2D eigenvalue weighted by Gasteiger charge is -2.33. The Labute approximate surface area is 324 Å². The van der Waals surface area contributed by atoms with Crippen molar-refractivity contribution in [1.29, 1.82) is 0 Å². The van der Waals surface area contributed by atoms with Crippen LogP contribution in [0.2, 0.25) is 0 Å². The molecule has 2 amide bonds. The lowest BCUT2D eigenvalue weighted by Crippen LogP contribution is -2.46. The molecule has 2 aromatic rings. The minimum absolute atomic E-state index is 0.0502. The summed E-state index contributed by atoms with van der Waals surface area (Å²) in [5.41, 5.74) is 6.30. The number of aliphatic carboxylic acids is 1. The van der Waals surface area contributed by atoms with Crippen LogP contribution in [-0.2, 0) is 14.4 Å². The SMILES string of the molecule is CC(C(=O)NC1CCC(CCN2C3CC[C@@H]2c2ccccc23)CC1)C(C)C(=O)NC1CCC(CCN2[C@@H]3CC[C@H]2c2ccccc23)CC1.O=C(O)C(F)(F)F. The average molecular weight is 765 g/mol. The Hall–Kier alpha value is -3.44. The number of amides is 2. The van der Waals surface area contributed by atoms with Crippen molar-refractivity contribution in [1.82, 2.24) is 20.4 Å². The van der Waals surface area contributed by atoms with Crippen molar-refractivity contribution in [3.05, 3.63) is 70.8 Å². The van der Waals surface area contributed by atoms with Gasteiger partial charge in [0.05, 0.1) is 0 Å². The van der Waals surface area contributed by atoms with Crippen LogP contribution in [0.4, 0.5) is 13.2 Å². The Bertz CT molecular complexity index is 1500. The van der Waals surface area contributed by atoms with Crippen LogP contribution in [0.25, 0.3) is 0 Å². The van der Waals surface area contributed by atoms with Crippen molar-refractivity contribution in [2.75, 3.05) is 13.1 Å². The zero-order valence-corrected chi connectivity index (χ0v) is 32.4. The van der Waals surface area contributed by atoms with Gasteiger partial charge >= 0.3 is 12.1 Å². The number of hydrogen-bond acceptors (Lipinski definition) is 5. The molecule has 4 aliphatic heterocycles. The molecule has 8 nitrogen and oxygen atoms in total. The molecule has 0 spiro atoms. The topological polar surface area (TPSA) is 102 Å². The molecule has 0 aromatic heterocycles. The van der Waals surface area contributed by atoms with Gasteiger partial charge in [0.15, 0.2) is 0 Å². The third-order valence-corrected chi connectivity index (χ3v) is 14.3. The van der Waals surface area contributed by atoms with Crippen molar-refractivity contribution in [3.63, 3.8) is 0 Å². The van der Waals surface area contributed by atoms with Gasteiger partial charge in [0, 0.05) is 48.1 Å². The summed E-state index contributed by atoms with van der Waals surface area (Å²) in [5.74, 6) is -1.77. The van der Waals surface area contributed by atoms with Crippen molar-refractivity contribution >= 4 is 17.8 Å². The number of alkyl halides is 3. The quantitative estimate of drug-likeness (QED) is 0.212. The van der Waals surface area contributed by atoms with Crippen LogP contribution in [0.5, 0.6) is 0 Å². The maximum atomic E-state index is 13.3. The van der Waals surface area contributed by atoms with Crippen LogP contribution in [0.15, 0.2) is 48.5 Å². The minimum Gasteiger partial charge on any atom is -0.475 e. The molecular weight excluding hydrogens is 706 g/mol. The van der Waals surface area contributed by atoms with Crippen molar-refractivity contribution in [2.24, 2.45) is 23.7 Å². The molecule has 8 rings (SSSR count). The zero-order valence-electron chi connectivity index (χ0n) is 32.4. The fourth-order valence-corrected chi connectivity index (χ4v) is 10.9. The van der Waals surface area contributed by atoms with E-state index in [0.29, 0.717) is 24.2 Å². The Kier molecular flexibility index (Phi) is 12.3. The summed E-state index contributed by atoms with van der Waals surface area (Å²) in [6, 6.07) is 21.2. The standard InChI is InChI=1S/C42H58N4O2.C2HF3O2/c1-27(41(47)43-31-15-11-29(12-16-31)23-25-45-37-19-20-38(45)34-8-4-3-7-33(34)37)28(2)42(48)44-32-17-13-30(14-18-32)24-26-46-39-21-22-40(46)36-10-6-5-9-35(36)39;3-2(4,5)1(6)7/h3-10,27-32,37-40H,11-26H2,1-2H3,(H,43,47)(H,44,48);(H,6,7)/t27?,28?,29?,30?,31?,32?,37-,38+,39-,40?;/m1./s1. The highest BCUT2D eigenvalue weighted by Crippen LogP contribution is 2.54. The zero-order chi connectivity index (χ0) is 38.9. The molecule has 2 saturated carbocycles. The lowest BCUT2D eigenvalue weighted by atomic mass is 9.83. The number of nitrogens with one attached hydrogen (secondary N) is 2. The van der Waals surface area contributed by atoms with E-state index >= 15 is 0 Å². The number of benzene rings is 2. The second kappa shape index (κ2) is 17.0. The predicted molar refractivity (Wildman–Crippen MR) is 205 cm³/mol. The van der Waals surface area contributed by atoms with Gasteiger partial charge in [0.2, 0.25) is 11.8 Å². The van der Waals surface area contributed by atoms with Crippen LogP contribution >= 0.6 is 0 Å². The third kappa shape index (κ3) is 8.78. The number of hydrogen-bond donors (Lipinski definition) is 3. The number of halogens is 3. The highest BCUT2D eigenvalue weighted by Gasteiger charge is 2.45. The van der Waals surface area contributed by atoms with Gasteiger partial charge < -0.3 is 15.7 Å². The first-order chi connectivity index (χ1) is 26.4. The summed E-state index contributed by atoms with van der Waals surface area (Å²) >= 11 is 0. The molecule has 4 bridgehead atoms. The van der Waals surface area contributed by atoms with Gasteiger partial charge in [-0.25, -0.2) is 4.79 Å². The largest absolute Gasteiger partial charge is 0.490 e. The van der Waals surface area contributed by atoms with Gasteiger partial charge in [0.1, 0.15) is 0 Å². The van der Waals surface area contributed by atoms with E-state index in [-0.39, 0.29) is 35.7 Å². The number of rotatable bonds is 11. The summed E-state index contributed by atoms with van der Waals surface area (Å²) < 4.78 is 31.7. The number of fused-ring (bicyclic) bond motifs is 10. The molecule has 4 heterocycles. The number of nitrogens with zero attached hydrogens (tertiary/aromatic N) is 2. The van der Waals surface area contributed by atoms with Crippen LogP contribution in [0, 0.1) is 23.7 Å². The van der Waals surface area contributed by atoms with E-state index in [1.54, 1.807) is 22.3 Å². The van der Waals surface area contributed by atoms with Crippen molar-refractivity contribution < 1.29 is 32.7 Å². The van der Waals surface area contributed by atoms with Gasteiger partial charge in [-0.2, -0.15) is 13.2 Å². The molecule has 11 heteroatoms. The Balaban J connectivity index is 0.000000609. The molecule has 2 aromatic carbocycles. The maximum Gasteiger partial charge on any atom is 0.490 e. The van der Waals surface area contributed by atoms with Gasteiger partial charge in [-0.3, -0.25) is 19.4 Å². The lowest BCUT2D eigenvalue weighted by molar-refractivity contribution is -0.192. The Morgan fingerprint density at radius 2 is 0.891 bits per heavy atom. The van der Waals surface area contributed by atoms with Gasteiger partial charge in [0.25, 0.3) is 0 Å². The monoisotopic (exact) mass is 764 g/mol. The van der Waals surface area contributed by atoms with E-state index in [2.05, 4.69) is 69.0 Å². The van der Waals surface area contributed by atoms with Gasteiger partial charge in [-0.15, -0.1) is 0 Å². The number of carbonyl (C=O) groups is 3. The van der Waals surface area contributed by atoms with Crippen molar-refractivity contribution in [3.8, 4) is 0 Å². The molecule has 4 fully saturated rings. The molecular formula is C44H59F3N4O4. The molecule has 2 aliphatic carbocycles. The van der Waals surface area contributed by atoms with Crippen LogP contribution in [0.3, 0.4) is 0 Å². The molecule has 3 N–H and O–H groups in total. The first-order valence-corrected chi connectivity index (χ1v) is 21.0. The Morgan fingerprint density at radius 3 is 1.16 bits per heavy atom. The molecule has 300 valence electrons. The van der Waals surface area contributed by atoms with E-state index in [9.17, 15) is 22.8 Å². The van der Waals surface area contributed by atoms with E-state index < -0.39 is 12.1 Å². The fraction of sp³-hybridized carbons (Fsp3) is 0.659. The van der Waals surface area contributed by atoms with E-state index in [0.717, 1.165) is 37.5 Å². The summed E-state index contributed by atoms with van der Waals surface area (Å²) in [7, 11) is 0. The highest BCUT2D eigenvalue weighted by molar-refractivity contribution is 5.87. The molecule has 6 aliphatic rings. The maximum absolute atomic E-state index is 13.3. The normalized spacial score (nSPS) is 30.8. The number of carbonyl (C=O) groups excluding carboxylic acids is 2. The second-order valence-electron chi connectivity index (χ2n) is 17.4. The first kappa shape index (κ1) is 39.8. The second-order valence-corrected chi connectivity index (χ2v) is 17.4. The van der Waals surface area contributed by atoms with Crippen LogP contribution in [-0.4, -0.2) is 64.0 Å². The van der Waals surface area contributed by atoms with E-state index in [1.807, 2.05) is 13.8 Å². The number of carboxylic acids is 1. The highest BCUT2D eigenvalue weighted by atomic mass is 19.4. The molecule has 0 radical (unpaired) electrons. The summed E-state index contributed by atoms with van der Waals surface area (Å²) in [4.78, 5) is 41.0. The van der Waals surface area contributed by atoms with Gasteiger partial charge in [-0.05, 0) is 137 Å². The predicted octanol–water partition coefficient (Wildman–Crippen LogP) is 8.81. The smallest absolute Gasteiger partial charge is 0.475 e. The van der Waals surface area contributed by atoms with Crippen LogP contribution in [0.1, 0.15) is 150 Å². The molecule has 6 atom stereocenters. The molecule has 3 unspecified atom stereocenters. The first-order valence-electron chi connectivity index (χ1n) is 21.0. The van der Waals surface area contributed by atoms with E-state index in [4.69, 9.17) is 9.90 Å². The minimum atomic E-state index is -5.08. The summed E-state index contributed by atoms with van der Waals surface area (Å²) in [6.07, 6.45) is 11.7. The Morgan fingerprint density at radius 1 is 0.600 bits per heavy atom. The third-order valence-electron chi connectivity index (χ3n) is 14.3. The summed E-state index contributed by atoms with van der Waals surface area (Å²) in [5, 5.41) is 13.8. The summed E-state index contributed by atoms with van der Waals surface area (Å²) in [6.45, 7) is 6.28. The van der Waals surface area contributed by atoms with Gasteiger partial charge in [-0.1, -0.05) is 62.4 Å². The average Bonchev–Trinajstić information content (AvgIpc) is 3.95. The fourth-order valence-electron chi connectivity index (χ4n) is 10.9. The van der Waals surface area contributed by atoms with Crippen molar-refractivity contribution in [2.45, 2.75) is 146 Å². The molecule has 2 saturated heterocycles. The molecule has 55 heavy (non-hydrogen) atoms. The number of carboxylic acid groups (broad SMARTS) is 1. The van der Waals surface area contributed by atoms with Crippen LogP contribution < -0.4 is 10.6 Å².